The lowest BCUT2D eigenvalue weighted by atomic mass is 9.86. The molecular weight excluding hydrogens is 304 g/mol. The van der Waals surface area contributed by atoms with Crippen LogP contribution in [0.15, 0.2) is 24.3 Å². The van der Waals surface area contributed by atoms with Crippen molar-refractivity contribution in [1.82, 2.24) is 0 Å². The van der Waals surface area contributed by atoms with Gasteiger partial charge in [-0.15, -0.1) is 0 Å². The standard InChI is InChI=1S/C20H24O4/c1-21-15-9-14-8-6-5-7-13-10-17(22-2)18(23-3)12-16(13)20(14)19(11-15)24-4/h9-12H,5-8H2,1-4H3. The first-order valence-electron chi connectivity index (χ1n) is 8.22. The van der Waals surface area contributed by atoms with Crippen molar-refractivity contribution in [3.63, 3.8) is 0 Å². The highest BCUT2D eigenvalue weighted by Crippen LogP contribution is 2.44. The van der Waals surface area contributed by atoms with Crippen LogP contribution >= 0.6 is 0 Å². The lowest BCUT2D eigenvalue weighted by Crippen LogP contribution is -2.04. The lowest BCUT2D eigenvalue weighted by molar-refractivity contribution is 0.354. The molecule has 2 aromatic rings. The molecule has 0 unspecified atom stereocenters. The monoisotopic (exact) mass is 328 g/mol. The Hall–Kier alpha value is -2.36. The normalized spacial score (nSPS) is 13.2. The summed E-state index contributed by atoms with van der Waals surface area (Å²) in [6.45, 7) is 0. The largest absolute Gasteiger partial charge is 0.497 e. The van der Waals surface area contributed by atoms with Crippen LogP contribution in [0.3, 0.4) is 0 Å². The summed E-state index contributed by atoms with van der Waals surface area (Å²) in [4.78, 5) is 0. The third-order valence-electron chi connectivity index (χ3n) is 4.63. The Balaban J connectivity index is 2.29. The van der Waals surface area contributed by atoms with Crippen LogP contribution in [0.1, 0.15) is 24.0 Å². The number of rotatable bonds is 4. The number of hydrogen-bond acceptors (Lipinski definition) is 4. The second kappa shape index (κ2) is 7.04. The molecule has 4 nitrogen and oxygen atoms in total. The minimum atomic E-state index is 0.737. The molecule has 0 saturated carbocycles. The molecule has 0 spiro atoms. The zero-order valence-electron chi connectivity index (χ0n) is 14.8. The smallest absolute Gasteiger partial charge is 0.161 e. The van der Waals surface area contributed by atoms with Crippen molar-refractivity contribution in [2.75, 3.05) is 28.4 Å². The summed E-state index contributed by atoms with van der Waals surface area (Å²) in [5.74, 6) is 3.17. The highest BCUT2D eigenvalue weighted by atomic mass is 16.5. The van der Waals surface area contributed by atoms with E-state index in [1.165, 1.54) is 11.1 Å². The highest BCUT2D eigenvalue weighted by molar-refractivity contribution is 5.80. The highest BCUT2D eigenvalue weighted by Gasteiger charge is 2.21. The van der Waals surface area contributed by atoms with Crippen LogP contribution in [0.2, 0.25) is 0 Å². The van der Waals surface area contributed by atoms with Crippen molar-refractivity contribution < 1.29 is 18.9 Å². The summed E-state index contributed by atoms with van der Waals surface area (Å²) >= 11 is 0. The van der Waals surface area contributed by atoms with Crippen molar-refractivity contribution in [1.29, 1.82) is 0 Å². The fraction of sp³-hybridized carbons (Fsp3) is 0.400. The van der Waals surface area contributed by atoms with E-state index in [9.17, 15) is 0 Å². The van der Waals surface area contributed by atoms with Crippen molar-refractivity contribution in [3.8, 4) is 34.1 Å². The lowest BCUT2D eigenvalue weighted by Gasteiger charge is -2.22. The van der Waals surface area contributed by atoms with Gasteiger partial charge in [0.2, 0.25) is 0 Å². The molecule has 0 bridgehead atoms. The number of fused-ring (bicyclic) bond motifs is 3. The third-order valence-corrected chi connectivity index (χ3v) is 4.63. The first kappa shape index (κ1) is 16.5. The van der Waals surface area contributed by atoms with Crippen LogP contribution in [0, 0.1) is 0 Å². The Kier molecular flexibility index (Phi) is 4.84. The molecule has 3 rings (SSSR count). The number of ether oxygens (including phenoxy) is 4. The van der Waals surface area contributed by atoms with Gasteiger partial charge in [-0.3, -0.25) is 0 Å². The van der Waals surface area contributed by atoms with E-state index in [0.29, 0.717) is 0 Å². The van der Waals surface area contributed by atoms with Crippen LogP contribution in [0.4, 0.5) is 0 Å². The summed E-state index contributed by atoms with van der Waals surface area (Å²) in [6, 6.07) is 8.21. The van der Waals surface area contributed by atoms with Gasteiger partial charge in [-0.2, -0.15) is 0 Å². The average Bonchev–Trinajstić information content (AvgIpc) is 2.61. The molecule has 0 heterocycles. The topological polar surface area (TPSA) is 36.9 Å². The molecule has 2 aromatic carbocycles. The van der Waals surface area contributed by atoms with E-state index in [-0.39, 0.29) is 0 Å². The number of aryl methyl sites for hydroxylation is 2. The van der Waals surface area contributed by atoms with E-state index < -0.39 is 0 Å². The maximum atomic E-state index is 5.69. The molecule has 0 radical (unpaired) electrons. The summed E-state index contributed by atoms with van der Waals surface area (Å²) < 4.78 is 22.1. The summed E-state index contributed by atoms with van der Waals surface area (Å²) in [6.07, 6.45) is 4.31. The van der Waals surface area contributed by atoms with Crippen LogP contribution < -0.4 is 18.9 Å². The second-order valence-corrected chi connectivity index (χ2v) is 5.94. The third kappa shape index (κ3) is 2.88. The molecule has 0 N–H and O–H groups in total. The summed E-state index contributed by atoms with van der Waals surface area (Å²) in [5, 5.41) is 0. The van der Waals surface area contributed by atoms with Crippen LogP contribution in [-0.2, 0) is 12.8 Å². The van der Waals surface area contributed by atoms with Crippen LogP contribution in [0.5, 0.6) is 23.0 Å². The van der Waals surface area contributed by atoms with E-state index in [1.807, 2.05) is 6.07 Å². The molecule has 0 amide bonds. The molecule has 0 fully saturated rings. The summed E-state index contributed by atoms with van der Waals surface area (Å²) in [5.41, 5.74) is 4.80. The van der Waals surface area contributed by atoms with Gasteiger partial charge >= 0.3 is 0 Å². The van der Waals surface area contributed by atoms with Gasteiger partial charge in [0.25, 0.3) is 0 Å². The van der Waals surface area contributed by atoms with Gasteiger partial charge in [0.15, 0.2) is 11.5 Å². The molecule has 1 aliphatic carbocycles. The van der Waals surface area contributed by atoms with Crippen molar-refractivity contribution in [2.24, 2.45) is 0 Å². The minimum absolute atomic E-state index is 0.737. The van der Waals surface area contributed by atoms with E-state index in [1.54, 1.807) is 28.4 Å². The Labute approximate surface area is 143 Å². The van der Waals surface area contributed by atoms with E-state index in [2.05, 4.69) is 18.2 Å². The predicted octanol–water partition coefficient (Wildman–Crippen LogP) is 4.27. The van der Waals surface area contributed by atoms with Crippen LogP contribution in [-0.4, -0.2) is 28.4 Å². The van der Waals surface area contributed by atoms with Crippen molar-refractivity contribution in [2.45, 2.75) is 25.7 Å². The Morgan fingerprint density at radius 2 is 1.25 bits per heavy atom. The average molecular weight is 328 g/mol. The summed E-state index contributed by atoms with van der Waals surface area (Å²) in [7, 11) is 6.73. The molecule has 0 aliphatic heterocycles. The molecule has 0 aromatic heterocycles. The number of hydrogen-bond donors (Lipinski definition) is 0. The molecule has 0 atom stereocenters. The predicted molar refractivity (Wildman–Crippen MR) is 94.7 cm³/mol. The van der Waals surface area contributed by atoms with E-state index in [0.717, 1.165) is 59.8 Å². The second-order valence-electron chi connectivity index (χ2n) is 5.94. The maximum Gasteiger partial charge on any atom is 0.161 e. The van der Waals surface area contributed by atoms with E-state index >= 15 is 0 Å². The molecular formula is C20H24O4. The number of methoxy groups -OCH3 is 4. The van der Waals surface area contributed by atoms with Gasteiger partial charge in [-0.05, 0) is 60.6 Å². The SMILES string of the molecule is COc1cc2c(c(OC)c1)-c1cc(OC)c(OC)cc1CCCC2. The van der Waals surface area contributed by atoms with Crippen molar-refractivity contribution in [3.05, 3.63) is 35.4 Å². The zero-order chi connectivity index (χ0) is 17.1. The Morgan fingerprint density at radius 1 is 0.625 bits per heavy atom. The quantitative estimate of drug-likeness (QED) is 0.840. The molecule has 24 heavy (non-hydrogen) atoms. The number of benzene rings is 2. The van der Waals surface area contributed by atoms with Gasteiger partial charge < -0.3 is 18.9 Å². The molecule has 0 saturated heterocycles. The minimum Gasteiger partial charge on any atom is -0.497 e. The Bertz CT molecular complexity index is 737. The first-order valence-corrected chi connectivity index (χ1v) is 8.22. The van der Waals surface area contributed by atoms with Gasteiger partial charge in [-0.1, -0.05) is 0 Å². The van der Waals surface area contributed by atoms with Crippen molar-refractivity contribution >= 4 is 0 Å². The Morgan fingerprint density at radius 3 is 1.88 bits per heavy atom. The van der Waals surface area contributed by atoms with Gasteiger partial charge in [0.1, 0.15) is 11.5 Å². The first-order chi connectivity index (χ1) is 11.7. The molecule has 1 aliphatic rings. The van der Waals surface area contributed by atoms with Gasteiger partial charge in [-0.25, -0.2) is 0 Å². The zero-order valence-corrected chi connectivity index (χ0v) is 14.8. The fourth-order valence-electron chi connectivity index (χ4n) is 3.42. The maximum absolute atomic E-state index is 5.69. The van der Waals surface area contributed by atoms with Gasteiger partial charge in [0.05, 0.1) is 28.4 Å². The molecule has 128 valence electrons. The fourth-order valence-corrected chi connectivity index (χ4v) is 3.42. The van der Waals surface area contributed by atoms with Crippen LogP contribution in [0.25, 0.3) is 11.1 Å². The van der Waals surface area contributed by atoms with E-state index in [4.69, 9.17) is 18.9 Å². The molecule has 4 heteroatoms. The van der Waals surface area contributed by atoms with Gasteiger partial charge in [0, 0.05) is 11.6 Å².